The molecule has 6 aromatic rings. The Kier molecular flexibility index (Phi) is 10.0. The van der Waals surface area contributed by atoms with E-state index < -0.39 is 13.6 Å². The molecule has 0 aliphatic heterocycles. The van der Waals surface area contributed by atoms with Crippen LogP contribution in [-0.4, -0.2) is 31.2 Å². The van der Waals surface area contributed by atoms with Gasteiger partial charge in [0.1, 0.15) is 8.07 Å². The molecule has 6 aromatic carbocycles. The Morgan fingerprint density at radius 1 is 0.353 bits per heavy atom. The predicted octanol–water partition coefficient (Wildman–Crippen LogP) is 8.71. The van der Waals surface area contributed by atoms with E-state index in [0.29, 0.717) is 33.4 Å². The number of benzene rings is 6. The molecule has 0 N–H and O–H groups in total. The van der Waals surface area contributed by atoms with Crippen LogP contribution in [0.15, 0.2) is 146 Å². The van der Waals surface area contributed by atoms with E-state index in [1.807, 2.05) is 131 Å². The Morgan fingerprint density at radius 2 is 0.569 bits per heavy atom. The third kappa shape index (κ3) is 7.26. The number of carbonyl (C=O) groups is 4. The molecule has 0 fully saturated rings. The van der Waals surface area contributed by atoms with Gasteiger partial charge in [-0.1, -0.05) is 185 Å². The summed E-state index contributed by atoms with van der Waals surface area (Å²) in [6.45, 7) is 9.92. The number of ketones is 4. The predicted molar refractivity (Wildman–Crippen MR) is 208 cm³/mol. The van der Waals surface area contributed by atoms with Gasteiger partial charge in [0.2, 0.25) is 0 Å². The van der Waals surface area contributed by atoms with Crippen LogP contribution in [0, 0.1) is 27.7 Å². The lowest BCUT2D eigenvalue weighted by Crippen LogP contribution is -2.62. The minimum Gasteiger partial charge on any atom is -0.294 e. The molecule has 0 aromatic heterocycles. The third-order valence-electron chi connectivity index (χ3n) is 9.89. The van der Waals surface area contributed by atoms with Crippen LogP contribution in [0.3, 0.4) is 0 Å². The monoisotopic (exact) mass is 684 g/mol. The molecule has 0 aliphatic carbocycles. The van der Waals surface area contributed by atoms with Crippen molar-refractivity contribution in [2.45, 2.75) is 39.8 Å². The van der Waals surface area contributed by atoms with Crippen molar-refractivity contribution >= 4 is 41.6 Å². The van der Waals surface area contributed by atoms with Crippen molar-refractivity contribution in [3.8, 4) is 0 Å². The Morgan fingerprint density at radius 3 is 0.824 bits per heavy atom. The van der Waals surface area contributed by atoms with Crippen LogP contribution >= 0.6 is 0 Å². The summed E-state index contributed by atoms with van der Waals surface area (Å²) in [5, 5.41) is 1.65. The first-order valence-corrected chi connectivity index (χ1v) is 19.7. The number of Topliss-reactive ketones (excluding diaryl/α,β-unsaturated/α-hetero) is 2. The SMILES string of the molecule is Cc1ccc(C(=O)c2ccc([Si](C)(c3ccc(C(=O)c4ccc(C)cc4)cc3)C(C(=O)c3ccc(C)cc3)C(=O)c3ccc(C)cc3)cc2)cc1. The molecule has 252 valence electrons. The molecule has 0 saturated carbocycles. The summed E-state index contributed by atoms with van der Waals surface area (Å²) in [4.78, 5) is 56.6. The molecule has 4 nitrogen and oxygen atoms in total. The molecule has 51 heavy (non-hydrogen) atoms. The van der Waals surface area contributed by atoms with Gasteiger partial charge in [-0.25, -0.2) is 0 Å². The van der Waals surface area contributed by atoms with E-state index in [2.05, 4.69) is 0 Å². The molecule has 0 saturated heterocycles. The van der Waals surface area contributed by atoms with Gasteiger partial charge in [0.15, 0.2) is 23.1 Å². The van der Waals surface area contributed by atoms with E-state index in [9.17, 15) is 19.2 Å². The fourth-order valence-electron chi connectivity index (χ4n) is 6.59. The van der Waals surface area contributed by atoms with E-state index in [-0.39, 0.29) is 23.1 Å². The van der Waals surface area contributed by atoms with Gasteiger partial charge in [-0.2, -0.15) is 0 Å². The number of hydrogen-bond acceptors (Lipinski definition) is 4. The summed E-state index contributed by atoms with van der Waals surface area (Å²) in [6, 6.07) is 44.4. The van der Waals surface area contributed by atoms with E-state index in [4.69, 9.17) is 0 Å². The van der Waals surface area contributed by atoms with Crippen LogP contribution in [0.1, 0.15) is 74.8 Å². The molecule has 0 spiro atoms. The van der Waals surface area contributed by atoms with Crippen molar-refractivity contribution in [2.24, 2.45) is 0 Å². The largest absolute Gasteiger partial charge is 0.294 e. The maximum atomic E-state index is 14.8. The van der Waals surface area contributed by atoms with E-state index in [0.717, 1.165) is 32.6 Å². The maximum Gasteiger partial charge on any atom is 0.193 e. The summed E-state index contributed by atoms with van der Waals surface area (Å²) in [7, 11) is -3.36. The molecule has 0 unspecified atom stereocenters. The van der Waals surface area contributed by atoms with Gasteiger partial charge in [-0.15, -0.1) is 0 Å². The van der Waals surface area contributed by atoms with Crippen molar-refractivity contribution in [1.29, 1.82) is 0 Å². The quantitative estimate of drug-likeness (QED) is 0.0778. The summed E-state index contributed by atoms with van der Waals surface area (Å²) >= 11 is 0. The topological polar surface area (TPSA) is 68.3 Å². The molecule has 0 bridgehead atoms. The zero-order chi connectivity index (χ0) is 36.3. The molecule has 0 amide bonds. The van der Waals surface area contributed by atoms with E-state index >= 15 is 0 Å². The second-order valence-corrected chi connectivity index (χ2v) is 17.8. The number of hydrogen-bond donors (Lipinski definition) is 0. The first kappa shape index (κ1) is 35.1. The van der Waals surface area contributed by atoms with Gasteiger partial charge in [0.05, 0.1) is 5.54 Å². The zero-order valence-corrected chi connectivity index (χ0v) is 30.6. The summed E-state index contributed by atoms with van der Waals surface area (Å²) in [5.41, 5.74) is 6.24. The van der Waals surface area contributed by atoms with Crippen LogP contribution in [-0.2, 0) is 0 Å². The van der Waals surface area contributed by atoms with Crippen molar-refractivity contribution in [1.82, 2.24) is 0 Å². The highest BCUT2D eigenvalue weighted by Gasteiger charge is 2.49. The summed E-state index contributed by atoms with van der Waals surface area (Å²) < 4.78 is 0. The maximum absolute atomic E-state index is 14.8. The van der Waals surface area contributed by atoms with Gasteiger partial charge in [0, 0.05) is 33.4 Å². The summed E-state index contributed by atoms with van der Waals surface area (Å²) in [5.74, 6) is -0.720. The molecule has 0 radical (unpaired) electrons. The number of aryl methyl sites for hydroxylation is 4. The minimum absolute atomic E-state index is 0.105. The average Bonchev–Trinajstić information content (AvgIpc) is 3.15. The second-order valence-electron chi connectivity index (χ2n) is 13.6. The fourth-order valence-corrected chi connectivity index (χ4v) is 10.7. The smallest absolute Gasteiger partial charge is 0.193 e. The van der Waals surface area contributed by atoms with Crippen molar-refractivity contribution in [3.63, 3.8) is 0 Å². The number of rotatable bonds is 11. The molecule has 5 heteroatoms. The molecule has 0 atom stereocenters. The second kappa shape index (κ2) is 14.6. The highest BCUT2D eigenvalue weighted by atomic mass is 28.3. The van der Waals surface area contributed by atoms with Crippen molar-refractivity contribution < 1.29 is 19.2 Å². The van der Waals surface area contributed by atoms with Gasteiger partial charge < -0.3 is 0 Å². The van der Waals surface area contributed by atoms with Gasteiger partial charge in [-0.3, -0.25) is 19.2 Å². The van der Waals surface area contributed by atoms with Crippen LogP contribution in [0.25, 0.3) is 0 Å². The van der Waals surface area contributed by atoms with Gasteiger partial charge in [-0.05, 0) is 27.7 Å². The van der Waals surface area contributed by atoms with Crippen molar-refractivity contribution in [3.05, 3.63) is 201 Å². The highest BCUT2D eigenvalue weighted by Crippen LogP contribution is 2.32. The lowest BCUT2D eigenvalue weighted by Gasteiger charge is -2.35. The Labute approximate surface area is 300 Å². The van der Waals surface area contributed by atoms with E-state index in [1.165, 1.54) is 0 Å². The number of carbonyl (C=O) groups excluding carboxylic acids is 4. The van der Waals surface area contributed by atoms with Gasteiger partial charge in [0.25, 0.3) is 0 Å². The Hall–Kier alpha value is -5.78. The van der Waals surface area contributed by atoms with Crippen LogP contribution < -0.4 is 10.4 Å². The first-order valence-electron chi connectivity index (χ1n) is 17.1. The normalized spacial score (nSPS) is 11.3. The van der Waals surface area contributed by atoms with Crippen molar-refractivity contribution in [2.75, 3.05) is 0 Å². The van der Waals surface area contributed by atoms with E-state index in [1.54, 1.807) is 48.5 Å². The molecule has 0 heterocycles. The standard InChI is InChI=1S/C46H40O4Si/c1-30-6-14-34(15-7-30)42(47)36-22-26-40(27-23-36)51(5,41-28-24-37(25-29-41)43(48)35-16-8-31(2)9-17-35)46(44(49)38-18-10-32(3)11-19-38)45(50)39-20-12-33(4)13-21-39/h6-29,46H,1-5H3. The average molecular weight is 685 g/mol. The van der Waals surface area contributed by atoms with Gasteiger partial charge >= 0.3 is 0 Å². The lowest BCUT2D eigenvalue weighted by atomic mass is 9.99. The molecular formula is C46H40O4Si. The molecular weight excluding hydrogens is 645 g/mol. The third-order valence-corrected chi connectivity index (χ3v) is 14.6. The molecule has 6 rings (SSSR count). The molecule has 0 aliphatic rings. The zero-order valence-electron chi connectivity index (χ0n) is 29.6. The van der Waals surface area contributed by atoms with Crippen LogP contribution in [0.2, 0.25) is 12.1 Å². The van der Waals surface area contributed by atoms with Crippen LogP contribution in [0.5, 0.6) is 0 Å². The highest BCUT2D eigenvalue weighted by molar-refractivity contribution is 7.06. The van der Waals surface area contributed by atoms with Crippen LogP contribution in [0.4, 0.5) is 0 Å². The first-order chi connectivity index (χ1) is 24.4. The Balaban J connectivity index is 1.51. The Bertz CT molecular complexity index is 2050. The lowest BCUT2D eigenvalue weighted by molar-refractivity contribution is 0.0890. The minimum atomic E-state index is -3.36. The summed E-state index contributed by atoms with van der Waals surface area (Å²) in [6.07, 6.45) is 0. The fraction of sp³-hybridized carbons (Fsp3) is 0.130.